The Morgan fingerprint density at radius 2 is 1.86 bits per heavy atom. The van der Waals surface area contributed by atoms with Gasteiger partial charge in [-0.15, -0.1) is 0 Å². The molecule has 0 saturated heterocycles. The van der Waals surface area contributed by atoms with Gasteiger partial charge in [0.25, 0.3) is 0 Å². The van der Waals surface area contributed by atoms with Gasteiger partial charge in [-0.1, -0.05) is 54.1 Å². The molecule has 2 aromatic carbocycles. The molecule has 0 fully saturated rings. The molecule has 0 N–H and O–H groups in total. The van der Waals surface area contributed by atoms with Gasteiger partial charge in [-0.2, -0.15) is 5.10 Å². The third-order valence-electron chi connectivity index (χ3n) is 4.51. The third kappa shape index (κ3) is 3.39. The van der Waals surface area contributed by atoms with Crippen molar-refractivity contribution in [2.75, 3.05) is 6.61 Å². The van der Waals surface area contributed by atoms with Crippen LogP contribution in [0, 0.1) is 0 Å². The molecule has 144 valence electrons. The largest absolute Gasteiger partial charge is 0.462 e. The van der Waals surface area contributed by atoms with Gasteiger partial charge in [-0.25, -0.2) is 14.3 Å². The lowest BCUT2D eigenvalue weighted by molar-refractivity contribution is 0.0528. The lowest BCUT2D eigenvalue weighted by Crippen LogP contribution is -2.06. The van der Waals surface area contributed by atoms with Crippen LogP contribution in [0.1, 0.15) is 27.6 Å². The Labute approximate surface area is 171 Å². The summed E-state index contributed by atoms with van der Waals surface area (Å²) in [6, 6.07) is 14.5. The summed E-state index contributed by atoms with van der Waals surface area (Å²) in [6.45, 7) is 2.00. The zero-order valence-corrected chi connectivity index (χ0v) is 16.3. The average molecular weight is 406 g/mol. The predicted molar refractivity (Wildman–Crippen MR) is 110 cm³/mol. The fraction of sp³-hybridized carbons (Fsp3) is 0.0909. The summed E-state index contributed by atoms with van der Waals surface area (Å²) in [4.78, 5) is 27.8. The Morgan fingerprint density at radius 3 is 2.55 bits per heavy atom. The molecular formula is C22H16ClN3O3. The summed E-state index contributed by atoms with van der Waals surface area (Å²) >= 11 is 6.44. The summed E-state index contributed by atoms with van der Waals surface area (Å²) in [6.07, 6.45) is 3.90. The van der Waals surface area contributed by atoms with Crippen LogP contribution < -0.4 is 0 Å². The number of aldehydes is 1. The van der Waals surface area contributed by atoms with Gasteiger partial charge in [0.1, 0.15) is 11.8 Å². The van der Waals surface area contributed by atoms with Gasteiger partial charge < -0.3 is 4.74 Å². The van der Waals surface area contributed by atoms with Crippen molar-refractivity contribution in [2.45, 2.75) is 6.92 Å². The number of benzene rings is 2. The molecule has 4 aromatic rings. The molecule has 2 aromatic heterocycles. The maximum Gasteiger partial charge on any atom is 0.343 e. The van der Waals surface area contributed by atoms with Crippen molar-refractivity contribution in [3.8, 4) is 22.4 Å². The molecule has 0 saturated carbocycles. The average Bonchev–Trinajstić information content (AvgIpc) is 3.18. The molecular weight excluding hydrogens is 390 g/mol. The van der Waals surface area contributed by atoms with E-state index in [1.807, 2.05) is 30.3 Å². The molecule has 0 aliphatic carbocycles. The molecule has 29 heavy (non-hydrogen) atoms. The molecule has 0 atom stereocenters. The quantitative estimate of drug-likeness (QED) is 0.355. The Bertz CT molecular complexity index is 1220. The van der Waals surface area contributed by atoms with E-state index in [0.717, 1.165) is 23.0 Å². The smallest absolute Gasteiger partial charge is 0.343 e. The standard InChI is InChI=1S/C22H16ClN3O3/c1-2-29-22(28)18-12-25-26-20(15-9-7-14(13-27)8-10-15)17(11-24-21(18)26)16-5-3-4-6-19(16)23/h3-13H,2H2,1H3. The molecule has 6 nitrogen and oxygen atoms in total. The van der Waals surface area contributed by atoms with Crippen LogP contribution in [-0.2, 0) is 4.74 Å². The highest BCUT2D eigenvalue weighted by molar-refractivity contribution is 6.33. The minimum atomic E-state index is -0.484. The summed E-state index contributed by atoms with van der Waals surface area (Å²) < 4.78 is 6.71. The lowest BCUT2D eigenvalue weighted by atomic mass is 10.00. The van der Waals surface area contributed by atoms with Crippen molar-refractivity contribution in [1.82, 2.24) is 14.6 Å². The van der Waals surface area contributed by atoms with Crippen molar-refractivity contribution in [2.24, 2.45) is 0 Å². The highest BCUT2D eigenvalue weighted by atomic mass is 35.5. The highest BCUT2D eigenvalue weighted by Gasteiger charge is 2.21. The fourth-order valence-electron chi connectivity index (χ4n) is 3.16. The predicted octanol–water partition coefficient (Wildman–Crippen LogP) is 4.71. The first kappa shape index (κ1) is 18.8. The fourth-order valence-corrected chi connectivity index (χ4v) is 3.40. The van der Waals surface area contributed by atoms with Crippen molar-refractivity contribution >= 4 is 29.5 Å². The number of halogens is 1. The van der Waals surface area contributed by atoms with Gasteiger partial charge in [0.2, 0.25) is 0 Å². The number of aromatic nitrogens is 3. The van der Waals surface area contributed by atoms with Gasteiger partial charge >= 0.3 is 5.97 Å². The molecule has 0 spiro atoms. The van der Waals surface area contributed by atoms with Crippen LogP contribution >= 0.6 is 11.6 Å². The Morgan fingerprint density at radius 1 is 1.10 bits per heavy atom. The van der Waals surface area contributed by atoms with Gasteiger partial charge in [-0.3, -0.25) is 4.79 Å². The Balaban J connectivity index is 2.01. The van der Waals surface area contributed by atoms with Crippen LogP contribution in [0.5, 0.6) is 0 Å². The van der Waals surface area contributed by atoms with Crippen molar-refractivity contribution in [1.29, 1.82) is 0 Å². The van der Waals surface area contributed by atoms with Gasteiger partial charge in [0.15, 0.2) is 5.65 Å². The maximum absolute atomic E-state index is 12.3. The summed E-state index contributed by atoms with van der Waals surface area (Å²) in [5.41, 5.74) is 4.27. The van der Waals surface area contributed by atoms with Crippen molar-refractivity contribution < 1.29 is 14.3 Å². The third-order valence-corrected chi connectivity index (χ3v) is 4.84. The van der Waals surface area contributed by atoms with E-state index in [-0.39, 0.29) is 12.2 Å². The molecule has 4 rings (SSSR count). The number of hydrogen-bond acceptors (Lipinski definition) is 5. The first-order chi connectivity index (χ1) is 14.1. The Kier molecular flexibility index (Phi) is 5.10. The summed E-state index contributed by atoms with van der Waals surface area (Å²) in [5.74, 6) is -0.484. The monoisotopic (exact) mass is 405 g/mol. The van der Waals surface area contributed by atoms with E-state index in [4.69, 9.17) is 16.3 Å². The Hall–Kier alpha value is -3.51. The first-order valence-electron chi connectivity index (χ1n) is 8.98. The molecule has 0 aliphatic rings. The molecule has 0 unspecified atom stereocenters. The summed E-state index contributed by atoms with van der Waals surface area (Å²) in [7, 11) is 0. The van der Waals surface area contributed by atoms with Gasteiger partial charge in [0.05, 0.1) is 18.5 Å². The molecule has 7 heteroatoms. The molecule has 0 radical (unpaired) electrons. The molecule has 0 bridgehead atoms. The number of carbonyl (C=O) groups is 2. The van der Waals surface area contributed by atoms with E-state index in [2.05, 4.69) is 10.1 Å². The van der Waals surface area contributed by atoms with Crippen LogP contribution in [0.4, 0.5) is 0 Å². The topological polar surface area (TPSA) is 73.6 Å². The van der Waals surface area contributed by atoms with E-state index < -0.39 is 5.97 Å². The van der Waals surface area contributed by atoms with E-state index in [0.29, 0.717) is 21.9 Å². The number of nitrogens with zero attached hydrogens (tertiary/aromatic N) is 3. The van der Waals surface area contributed by atoms with Crippen LogP contribution in [0.2, 0.25) is 5.02 Å². The first-order valence-corrected chi connectivity index (χ1v) is 9.36. The lowest BCUT2D eigenvalue weighted by Gasteiger charge is -2.13. The van der Waals surface area contributed by atoms with Crippen LogP contribution in [0.25, 0.3) is 28.0 Å². The molecule has 0 aliphatic heterocycles. The van der Waals surface area contributed by atoms with E-state index in [9.17, 15) is 9.59 Å². The second-order valence-electron chi connectivity index (χ2n) is 6.25. The number of carbonyl (C=O) groups excluding carboxylic acids is 2. The second-order valence-corrected chi connectivity index (χ2v) is 6.66. The van der Waals surface area contributed by atoms with Gasteiger partial charge in [0, 0.05) is 33.5 Å². The van der Waals surface area contributed by atoms with E-state index in [1.54, 1.807) is 35.8 Å². The van der Waals surface area contributed by atoms with Crippen LogP contribution in [0.15, 0.2) is 60.9 Å². The number of fused-ring (bicyclic) bond motifs is 1. The number of esters is 1. The highest BCUT2D eigenvalue weighted by Crippen LogP contribution is 2.36. The van der Waals surface area contributed by atoms with Crippen molar-refractivity contribution in [3.05, 3.63) is 77.1 Å². The normalized spacial score (nSPS) is 10.8. The molecule has 0 amide bonds. The maximum atomic E-state index is 12.3. The minimum Gasteiger partial charge on any atom is -0.462 e. The zero-order valence-electron chi connectivity index (χ0n) is 15.5. The number of ether oxygens (including phenoxy) is 1. The van der Waals surface area contributed by atoms with Crippen LogP contribution in [0.3, 0.4) is 0 Å². The van der Waals surface area contributed by atoms with E-state index in [1.165, 1.54) is 6.20 Å². The molecule has 2 heterocycles. The van der Waals surface area contributed by atoms with Crippen molar-refractivity contribution in [3.63, 3.8) is 0 Å². The SMILES string of the molecule is CCOC(=O)c1cnn2c(-c3ccc(C=O)cc3)c(-c3ccccc3Cl)cnc12. The zero-order chi connectivity index (χ0) is 20.4. The minimum absolute atomic E-state index is 0.258. The number of hydrogen-bond donors (Lipinski definition) is 0. The number of rotatable bonds is 5. The van der Waals surface area contributed by atoms with Gasteiger partial charge in [-0.05, 0) is 13.0 Å². The summed E-state index contributed by atoms with van der Waals surface area (Å²) in [5, 5.41) is 4.96. The van der Waals surface area contributed by atoms with E-state index >= 15 is 0 Å². The second kappa shape index (κ2) is 7.85. The van der Waals surface area contributed by atoms with Crippen LogP contribution in [-0.4, -0.2) is 33.5 Å².